The van der Waals surface area contributed by atoms with Crippen molar-refractivity contribution >= 4 is 33.4 Å². The molecule has 110 valence electrons. The number of hydrogen-bond acceptors (Lipinski definition) is 3. The zero-order valence-electron chi connectivity index (χ0n) is 11.2. The molecule has 1 aromatic carbocycles. The van der Waals surface area contributed by atoms with Gasteiger partial charge >= 0.3 is 10.2 Å². The van der Waals surface area contributed by atoms with Crippen LogP contribution in [0.4, 0.5) is 9.57 Å². The summed E-state index contributed by atoms with van der Waals surface area (Å²) in [5.74, 6) is -1.31. The normalized spacial score (nSPS) is 19.7. The first-order valence-corrected chi connectivity index (χ1v) is 8.10. The van der Waals surface area contributed by atoms with Gasteiger partial charge in [0.1, 0.15) is 0 Å². The quantitative estimate of drug-likeness (QED) is 0.805. The lowest BCUT2D eigenvalue weighted by Gasteiger charge is -2.21. The summed E-state index contributed by atoms with van der Waals surface area (Å²) in [6.07, 6.45) is 0.0463. The first-order chi connectivity index (χ1) is 9.17. The molecule has 1 heterocycles. The summed E-state index contributed by atoms with van der Waals surface area (Å²) in [6, 6.07) is 3.49. The predicted molar refractivity (Wildman–Crippen MR) is 76.3 cm³/mol. The van der Waals surface area contributed by atoms with Crippen molar-refractivity contribution in [2.45, 2.75) is 20.3 Å². The van der Waals surface area contributed by atoms with Gasteiger partial charge in [-0.15, -0.1) is 3.89 Å². The van der Waals surface area contributed by atoms with E-state index in [0.717, 1.165) is 16.8 Å². The third kappa shape index (κ3) is 3.30. The lowest BCUT2D eigenvalue weighted by atomic mass is 10.1. The molecule has 0 N–H and O–H groups in total. The van der Waals surface area contributed by atoms with E-state index in [4.69, 9.17) is 11.6 Å². The summed E-state index contributed by atoms with van der Waals surface area (Å²) in [4.78, 5) is 13.6. The first-order valence-electron chi connectivity index (χ1n) is 6.17. The smallest absolute Gasteiger partial charge is 0.302 e. The van der Waals surface area contributed by atoms with Crippen LogP contribution in [0.3, 0.4) is 0 Å². The Morgan fingerprint density at radius 2 is 1.90 bits per heavy atom. The molecule has 7 heteroatoms. The van der Waals surface area contributed by atoms with Crippen molar-refractivity contribution < 1.29 is 17.1 Å². The molecule has 1 fully saturated rings. The number of amides is 1. The standard InChI is InChI=1S/C13H15ClFNO3S/c1-8-3-11(14)4-9(2)13(8)16-6-10(5-12(16)17)7-20(15,18)19/h3-4,10H,5-7H2,1-2H3. The fourth-order valence-electron chi connectivity index (χ4n) is 2.72. The van der Waals surface area contributed by atoms with Crippen LogP contribution in [0.1, 0.15) is 17.5 Å². The zero-order chi connectivity index (χ0) is 15.1. The fraction of sp³-hybridized carbons (Fsp3) is 0.462. The van der Waals surface area contributed by atoms with E-state index in [1.807, 2.05) is 13.8 Å². The molecule has 2 rings (SSSR count). The second-order valence-electron chi connectivity index (χ2n) is 5.17. The third-order valence-corrected chi connectivity index (χ3v) is 4.45. The van der Waals surface area contributed by atoms with E-state index in [9.17, 15) is 17.1 Å². The number of benzene rings is 1. The largest absolute Gasteiger partial charge is 0.312 e. The number of rotatable bonds is 3. The molecule has 0 aliphatic carbocycles. The molecule has 1 aliphatic rings. The Bertz CT molecular complexity index is 637. The fourth-order valence-corrected chi connectivity index (χ4v) is 3.83. The number of aryl methyl sites for hydroxylation is 2. The number of anilines is 1. The molecule has 1 aromatic rings. The van der Waals surface area contributed by atoms with E-state index in [2.05, 4.69) is 0 Å². The molecular formula is C13H15ClFNO3S. The summed E-state index contributed by atoms with van der Waals surface area (Å²) in [5, 5.41) is 0.582. The van der Waals surface area contributed by atoms with Gasteiger partial charge in [0.05, 0.1) is 5.75 Å². The van der Waals surface area contributed by atoms with Crippen LogP contribution in [0.2, 0.25) is 5.02 Å². The summed E-state index contributed by atoms with van der Waals surface area (Å²) in [6.45, 7) is 3.88. The van der Waals surface area contributed by atoms with E-state index in [0.29, 0.717) is 5.02 Å². The second kappa shape index (κ2) is 5.33. The topological polar surface area (TPSA) is 54.5 Å². The van der Waals surface area contributed by atoms with Crippen molar-refractivity contribution in [1.82, 2.24) is 0 Å². The molecule has 0 saturated carbocycles. The van der Waals surface area contributed by atoms with Crippen molar-refractivity contribution in [3.63, 3.8) is 0 Å². The molecule has 4 nitrogen and oxygen atoms in total. The molecule has 0 radical (unpaired) electrons. The molecular weight excluding hydrogens is 305 g/mol. The minimum absolute atomic E-state index is 0.0463. The van der Waals surface area contributed by atoms with Gasteiger partial charge in [0.25, 0.3) is 0 Å². The first kappa shape index (κ1) is 15.3. The molecule has 0 bridgehead atoms. The van der Waals surface area contributed by atoms with Gasteiger partial charge in [-0.05, 0) is 37.1 Å². The maximum Gasteiger partial charge on any atom is 0.302 e. The average molecular weight is 320 g/mol. The third-order valence-electron chi connectivity index (χ3n) is 3.37. The Morgan fingerprint density at radius 3 is 2.40 bits per heavy atom. The van der Waals surface area contributed by atoms with Crippen LogP contribution < -0.4 is 4.90 Å². The van der Waals surface area contributed by atoms with E-state index >= 15 is 0 Å². The van der Waals surface area contributed by atoms with Crippen molar-refractivity contribution in [2.75, 3.05) is 17.2 Å². The highest BCUT2D eigenvalue weighted by atomic mass is 35.5. The van der Waals surface area contributed by atoms with Crippen molar-refractivity contribution in [3.8, 4) is 0 Å². The Hall–Kier alpha value is -1.14. The summed E-state index contributed by atoms with van der Waals surface area (Å²) in [5.41, 5.74) is 2.41. The van der Waals surface area contributed by atoms with Gasteiger partial charge in [-0.3, -0.25) is 4.79 Å². The second-order valence-corrected chi connectivity index (χ2v) is 7.02. The van der Waals surface area contributed by atoms with Gasteiger partial charge in [0.2, 0.25) is 5.91 Å². The predicted octanol–water partition coefficient (Wildman–Crippen LogP) is 2.61. The maximum absolute atomic E-state index is 12.7. The Kier molecular flexibility index (Phi) is 4.07. The van der Waals surface area contributed by atoms with Crippen LogP contribution in [-0.4, -0.2) is 26.6 Å². The van der Waals surface area contributed by atoms with E-state index < -0.39 is 21.9 Å². The van der Waals surface area contributed by atoms with Gasteiger partial charge in [0.15, 0.2) is 0 Å². The van der Waals surface area contributed by atoms with Gasteiger partial charge in [-0.2, -0.15) is 8.42 Å². The van der Waals surface area contributed by atoms with Crippen molar-refractivity contribution in [1.29, 1.82) is 0 Å². The highest BCUT2D eigenvalue weighted by Gasteiger charge is 2.34. The molecule has 1 unspecified atom stereocenters. The molecule has 1 aliphatic heterocycles. The number of halogens is 2. The SMILES string of the molecule is Cc1cc(Cl)cc(C)c1N1CC(CS(=O)(=O)F)CC1=O. The summed E-state index contributed by atoms with van der Waals surface area (Å²) in [7, 11) is -4.56. The van der Waals surface area contributed by atoms with E-state index in [-0.39, 0.29) is 18.9 Å². The average Bonchev–Trinajstić information content (AvgIpc) is 2.55. The molecule has 1 atom stereocenters. The Morgan fingerprint density at radius 1 is 1.35 bits per heavy atom. The van der Waals surface area contributed by atoms with E-state index in [1.54, 1.807) is 12.1 Å². The van der Waals surface area contributed by atoms with Crippen molar-refractivity contribution in [3.05, 3.63) is 28.3 Å². The lowest BCUT2D eigenvalue weighted by molar-refractivity contribution is -0.117. The van der Waals surface area contributed by atoms with E-state index in [1.165, 1.54) is 4.90 Å². The van der Waals surface area contributed by atoms with Crippen LogP contribution in [0.5, 0.6) is 0 Å². The molecule has 1 saturated heterocycles. The van der Waals surface area contributed by atoms with Gasteiger partial charge in [-0.1, -0.05) is 11.6 Å². The molecule has 0 spiro atoms. The lowest BCUT2D eigenvalue weighted by Crippen LogP contribution is -2.27. The maximum atomic E-state index is 12.7. The van der Waals surface area contributed by atoms with Crippen LogP contribution in [0.25, 0.3) is 0 Å². The minimum Gasteiger partial charge on any atom is -0.312 e. The Balaban J connectivity index is 2.29. The van der Waals surface area contributed by atoms with Crippen molar-refractivity contribution in [2.24, 2.45) is 5.92 Å². The summed E-state index contributed by atoms with van der Waals surface area (Å²) >= 11 is 5.95. The Labute approximate surface area is 122 Å². The van der Waals surface area contributed by atoms with Crippen LogP contribution in [-0.2, 0) is 15.0 Å². The monoisotopic (exact) mass is 319 g/mol. The molecule has 20 heavy (non-hydrogen) atoms. The number of hydrogen-bond donors (Lipinski definition) is 0. The molecule has 1 amide bonds. The minimum atomic E-state index is -4.56. The number of nitrogens with zero attached hydrogens (tertiary/aromatic N) is 1. The highest BCUT2D eigenvalue weighted by molar-refractivity contribution is 7.86. The molecule has 0 aromatic heterocycles. The van der Waals surface area contributed by atoms with Crippen LogP contribution in [0.15, 0.2) is 12.1 Å². The zero-order valence-corrected chi connectivity index (χ0v) is 12.8. The highest BCUT2D eigenvalue weighted by Crippen LogP contribution is 2.33. The van der Waals surface area contributed by atoms with Crippen LogP contribution in [0, 0.1) is 19.8 Å². The number of carbonyl (C=O) groups excluding carboxylic acids is 1. The van der Waals surface area contributed by atoms with Gasteiger partial charge in [0, 0.05) is 29.6 Å². The van der Waals surface area contributed by atoms with Gasteiger partial charge in [-0.25, -0.2) is 0 Å². The summed E-state index contributed by atoms with van der Waals surface area (Å²) < 4.78 is 34.1. The van der Waals surface area contributed by atoms with Gasteiger partial charge < -0.3 is 4.90 Å². The number of carbonyl (C=O) groups is 1. The van der Waals surface area contributed by atoms with Crippen LogP contribution >= 0.6 is 11.6 Å².